The molecule has 4 heteroatoms. The first-order valence-electron chi connectivity index (χ1n) is 6.18. The summed E-state index contributed by atoms with van der Waals surface area (Å²) >= 11 is 0. The van der Waals surface area contributed by atoms with Crippen molar-refractivity contribution in [3.05, 3.63) is 24.0 Å². The summed E-state index contributed by atoms with van der Waals surface area (Å²) < 4.78 is 10.8. The quantitative estimate of drug-likeness (QED) is 0.876. The smallest absolute Gasteiger partial charge is 0.137 e. The van der Waals surface area contributed by atoms with E-state index >= 15 is 0 Å². The van der Waals surface area contributed by atoms with Gasteiger partial charge in [-0.05, 0) is 18.4 Å². The molecule has 1 rings (SSSR count). The first-order chi connectivity index (χ1) is 8.40. The Bertz CT molecular complexity index is 374. The van der Waals surface area contributed by atoms with Gasteiger partial charge in [0.2, 0.25) is 0 Å². The average Bonchev–Trinajstić information content (AvgIpc) is 2.34. The van der Waals surface area contributed by atoms with Crippen LogP contribution in [0.15, 0.2) is 18.5 Å². The standard InChI is InChI=1S/C14H23NO3/c1-6-18-13(14(2,3)4)12(16)10-7-11(17-5)9-15-8-10/h7-9,12-13,16H,6H2,1-5H3. The topological polar surface area (TPSA) is 51.6 Å². The van der Waals surface area contributed by atoms with E-state index in [2.05, 4.69) is 4.98 Å². The second kappa shape index (κ2) is 6.16. The average molecular weight is 253 g/mol. The van der Waals surface area contributed by atoms with Gasteiger partial charge in [-0.15, -0.1) is 0 Å². The summed E-state index contributed by atoms with van der Waals surface area (Å²) in [6.07, 6.45) is 2.26. The highest BCUT2D eigenvalue weighted by Crippen LogP contribution is 2.33. The molecular weight excluding hydrogens is 230 g/mol. The lowest BCUT2D eigenvalue weighted by Crippen LogP contribution is -2.35. The van der Waals surface area contributed by atoms with Crippen LogP contribution in [0.4, 0.5) is 0 Å². The van der Waals surface area contributed by atoms with E-state index in [1.165, 1.54) is 0 Å². The molecule has 1 aromatic rings. The largest absolute Gasteiger partial charge is 0.495 e. The normalized spacial score (nSPS) is 15.2. The van der Waals surface area contributed by atoms with Crippen LogP contribution in [0.1, 0.15) is 39.4 Å². The van der Waals surface area contributed by atoms with Crippen LogP contribution >= 0.6 is 0 Å². The SMILES string of the molecule is CCOC(C(O)c1cncc(OC)c1)C(C)(C)C. The first kappa shape index (κ1) is 14.9. The molecular formula is C14H23NO3. The summed E-state index contributed by atoms with van der Waals surface area (Å²) in [5, 5.41) is 10.4. The fraction of sp³-hybridized carbons (Fsp3) is 0.643. The summed E-state index contributed by atoms with van der Waals surface area (Å²) in [5.41, 5.74) is 0.557. The van der Waals surface area contributed by atoms with Crippen molar-refractivity contribution in [2.75, 3.05) is 13.7 Å². The summed E-state index contributed by atoms with van der Waals surface area (Å²) in [7, 11) is 1.58. The molecule has 0 amide bonds. The van der Waals surface area contributed by atoms with Gasteiger partial charge < -0.3 is 14.6 Å². The number of aliphatic hydroxyl groups excluding tert-OH is 1. The van der Waals surface area contributed by atoms with Crippen molar-refractivity contribution in [1.82, 2.24) is 4.98 Å². The molecule has 2 unspecified atom stereocenters. The number of methoxy groups -OCH3 is 1. The predicted octanol–water partition coefficient (Wildman–Crippen LogP) is 2.57. The zero-order valence-corrected chi connectivity index (χ0v) is 11.8. The molecule has 1 aromatic heterocycles. The van der Waals surface area contributed by atoms with Gasteiger partial charge in [0.15, 0.2) is 0 Å². The molecule has 102 valence electrons. The lowest BCUT2D eigenvalue weighted by atomic mass is 9.83. The summed E-state index contributed by atoms with van der Waals surface area (Å²) in [5.74, 6) is 0.635. The first-order valence-corrected chi connectivity index (χ1v) is 6.18. The van der Waals surface area contributed by atoms with Gasteiger partial charge in [0.1, 0.15) is 11.9 Å². The lowest BCUT2D eigenvalue weighted by molar-refractivity contribution is -0.0900. The van der Waals surface area contributed by atoms with Gasteiger partial charge in [-0.25, -0.2) is 0 Å². The van der Waals surface area contributed by atoms with E-state index in [0.29, 0.717) is 17.9 Å². The summed E-state index contributed by atoms with van der Waals surface area (Å²) in [6, 6.07) is 1.79. The van der Waals surface area contributed by atoms with Crippen LogP contribution in [0.5, 0.6) is 5.75 Å². The van der Waals surface area contributed by atoms with Crippen LogP contribution in [0.25, 0.3) is 0 Å². The predicted molar refractivity (Wildman–Crippen MR) is 70.6 cm³/mol. The van der Waals surface area contributed by atoms with Crippen LogP contribution in [0.3, 0.4) is 0 Å². The number of nitrogens with zero attached hydrogens (tertiary/aromatic N) is 1. The number of pyridine rings is 1. The Morgan fingerprint density at radius 3 is 2.50 bits per heavy atom. The Labute approximate surface area is 109 Å². The minimum Gasteiger partial charge on any atom is -0.495 e. The molecule has 4 nitrogen and oxygen atoms in total. The minimum atomic E-state index is -0.715. The van der Waals surface area contributed by atoms with E-state index in [1.807, 2.05) is 27.7 Å². The zero-order valence-electron chi connectivity index (χ0n) is 11.8. The molecule has 0 aliphatic carbocycles. The molecule has 0 bridgehead atoms. The molecule has 1 heterocycles. The molecule has 2 atom stereocenters. The maximum atomic E-state index is 10.4. The van der Waals surface area contributed by atoms with Crippen molar-refractivity contribution in [2.24, 2.45) is 5.41 Å². The number of aromatic nitrogens is 1. The van der Waals surface area contributed by atoms with Crippen molar-refractivity contribution in [3.8, 4) is 5.75 Å². The molecule has 0 aliphatic heterocycles. The molecule has 1 N–H and O–H groups in total. The Hall–Kier alpha value is -1.13. The van der Waals surface area contributed by atoms with Crippen molar-refractivity contribution >= 4 is 0 Å². The van der Waals surface area contributed by atoms with Crippen molar-refractivity contribution < 1.29 is 14.6 Å². The number of rotatable bonds is 5. The van der Waals surface area contributed by atoms with E-state index in [0.717, 1.165) is 0 Å². The van der Waals surface area contributed by atoms with Crippen LogP contribution in [-0.2, 0) is 4.74 Å². The Kier molecular flexibility index (Phi) is 5.11. The van der Waals surface area contributed by atoms with Crippen LogP contribution in [0, 0.1) is 5.41 Å². The number of hydrogen-bond acceptors (Lipinski definition) is 4. The van der Waals surface area contributed by atoms with Gasteiger partial charge in [0.25, 0.3) is 0 Å². The molecule has 0 fully saturated rings. The van der Waals surface area contributed by atoms with E-state index in [-0.39, 0.29) is 11.5 Å². The Morgan fingerprint density at radius 2 is 2.00 bits per heavy atom. The monoisotopic (exact) mass is 253 g/mol. The maximum Gasteiger partial charge on any atom is 0.137 e. The molecule has 0 aliphatic rings. The van der Waals surface area contributed by atoms with E-state index in [4.69, 9.17) is 9.47 Å². The zero-order chi connectivity index (χ0) is 13.8. The van der Waals surface area contributed by atoms with Gasteiger partial charge >= 0.3 is 0 Å². The van der Waals surface area contributed by atoms with Gasteiger partial charge in [0, 0.05) is 18.4 Å². The molecule has 0 spiro atoms. The molecule has 0 aromatic carbocycles. The maximum absolute atomic E-state index is 10.4. The highest BCUT2D eigenvalue weighted by atomic mass is 16.5. The third-order valence-electron chi connectivity index (χ3n) is 2.80. The highest BCUT2D eigenvalue weighted by molar-refractivity contribution is 5.26. The van der Waals surface area contributed by atoms with Gasteiger partial charge in [-0.1, -0.05) is 20.8 Å². The van der Waals surface area contributed by atoms with Gasteiger partial charge in [-0.3, -0.25) is 4.98 Å². The highest BCUT2D eigenvalue weighted by Gasteiger charge is 2.33. The molecule has 0 saturated heterocycles. The van der Waals surface area contributed by atoms with Crippen LogP contribution in [0.2, 0.25) is 0 Å². The number of hydrogen-bond donors (Lipinski definition) is 1. The number of ether oxygens (including phenoxy) is 2. The van der Waals surface area contributed by atoms with Crippen LogP contribution in [-0.4, -0.2) is 29.9 Å². The van der Waals surface area contributed by atoms with Gasteiger partial charge in [0.05, 0.1) is 19.4 Å². The second-order valence-electron chi connectivity index (χ2n) is 5.34. The Balaban J connectivity index is 2.97. The Morgan fingerprint density at radius 1 is 1.33 bits per heavy atom. The third-order valence-corrected chi connectivity index (χ3v) is 2.80. The molecule has 0 saturated carbocycles. The van der Waals surface area contributed by atoms with Crippen molar-refractivity contribution in [3.63, 3.8) is 0 Å². The third kappa shape index (κ3) is 3.68. The minimum absolute atomic E-state index is 0.154. The van der Waals surface area contributed by atoms with Gasteiger partial charge in [-0.2, -0.15) is 0 Å². The fourth-order valence-corrected chi connectivity index (χ4v) is 1.88. The lowest BCUT2D eigenvalue weighted by Gasteiger charge is -2.34. The number of aliphatic hydroxyl groups is 1. The van der Waals surface area contributed by atoms with E-state index in [9.17, 15) is 5.11 Å². The van der Waals surface area contributed by atoms with Crippen molar-refractivity contribution in [1.29, 1.82) is 0 Å². The van der Waals surface area contributed by atoms with E-state index < -0.39 is 6.10 Å². The molecule has 18 heavy (non-hydrogen) atoms. The van der Waals surface area contributed by atoms with E-state index in [1.54, 1.807) is 25.6 Å². The second-order valence-corrected chi connectivity index (χ2v) is 5.34. The summed E-state index contributed by atoms with van der Waals surface area (Å²) in [6.45, 7) is 8.63. The summed E-state index contributed by atoms with van der Waals surface area (Å²) in [4.78, 5) is 4.06. The van der Waals surface area contributed by atoms with Crippen molar-refractivity contribution in [2.45, 2.75) is 39.9 Å². The fourth-order valence-electron chi connectivity index (χ4n) is 1.88. The molecule has 0 radical (unpaired) electrons. The van der Waals surface area contributed by atoms with Crippen LogP contribution < -0.4 is 4.74 Å².